The van der Waals surface area contributed by atoms with Gasteiger partial charge in [-0.25, -0.2) is 22.1 Å². The number of aromatic nitrogens is 1. The Kier molecular flexibility index (Phi) is 6.66. The summed E-state index contributed by atoms with van der Waals surface area (Å²) in [6.07, 6.45) is 0. The van der Waals surface area contributed by atoms with Crippen molar-refractivity contribution in [2.45, 2.75) is 11.4 Å². The number of halogens is 1. The molecule has 4 rings (SSSR count). The van der Waals surface area contributed by atoms with E-state index in [9.17, 15) is 21.2 Å². The van der Waals surface area contributed by atoms with Gasteiger partial charge in [0.1, 0.15) is 5.82 Å². The third kappa shape index (κ3) is 5.59. The molecule has 0 bridgehead atoms. The SMILES string of the molecule is O=S(=O)(O)Nc1ccc(CN(c2nc(-c3ccccc3)cs2)S(=O)(=O)c2cccc(F)c2)cc1. The molecule has 0 aliphatic rings. The monoisotopic (exact) mass is 519 g/mol. The van der Waals surface area contributed by atoms with Gasteiger partial charge < -0.3 is 0 Å². The summed E-state index contributed by atoms with van der Waals surface area (Å²) in [4.78, 5) is 4.28. The quantitative estimate of drug-likeness (QED) is 0.330. The van der Waals surface area contributed by atoms with Crippen LogP contribution in [0, 0.1) is 5.82 Å². The molecule has 0 radical (unpaired) electrons. The first-order chi connectivity index (χ1) is 16.1. The van der Waals surface area contributed by atoms with Gasteiger partial charge >= 0.3 is 10.3 Å². The van der Waals surface area contributed by atoms with Crippen LogP contribution in [0.1, 0.15) is 5.56 Å². The minimum atomic E-state index is -4.44. The van der Waals surface area contributed by atoms with Gasteiger partial charge in [-0.15, -0.1) is 11.3 Å². The molecule has 0 unspecified atom stereocenters. The lowest BCUT2D eigenvalue weighted by molar-refractivity contribution is 0.489. The van der Waals surface area contributed by atoms with Gasteiger partial charge in [-0.05, 0) is 35.9 Å². The molecule has 34 heavy (non-hydrogen) atoms. The molecule has 0 saturated carbocycles. The van der Waals surface area contributed by atoms with E-state index in [4.69, 9.17) is 4.55 Å². The van der Waals surface area contributed by atoms with Gasteiger partial charge in [-0.3, -0.25) is 9.27 Å². The first kappa shape index (κ1) is 23.8. The van der Waals surface area contributed by atoms with Gasteiger partial charge in [0, 0.05) is 10.9 Å². The Morgan fingerprint density at radius 3 is 2.29 bits per heavy atom. The molecule has 3 aromatic carbocycles. The molecule has 12 heteroatoms. The van der Waals surface area contributed by atoms with Crippen LogP contribution in [0.15, 0.2) is 89.1 Å². The van der Waals surface area contributed by atoms with Crippen LogP contribution in [0.4, 0.5) is 15.2 Å². The molecule has 0 fully saturated rings. The van der Waals surface area contributed by atoms with E-state index in [0.29, 0.717) is 11.3 Å². The highest BCUT2D eigenvalue weighted by Crippen LogP contribution is 2.32. The second-order valence-electron chi connectivity index (χ2n) is 7.12. The van der Waals surface area contributed by atoms with Crippen LogP contribution < -0.4 is 9.03 Å². The summed E-state index contributed by atoms with van der Waals surface area (Å²) in [7, 11) is -8.64. The summed E-state index contributed by atoms with van der Waals surface area (Å²) >= 11 is 1.13. The molecule has 0 saturated heterocycles. The fourth-order valence-electron chi connectivity index (χ4n) is 3.12. The van der Waals surface area contributed by atoms with E-state index in [-0.39, 0.29) is 22.3 Å². The summed E-state index contributed by atoms with van der Waals surface area (Å²) in [5.41, 5.74) is 2.02. The third-order valence-corrected chi connectivity index (χ3v) is 7.89. The average molecular weight is 520 g/mol. The number of benzene rings is 3. The van der Waals surface area contributed by atoms with Crippen molar-refractivity contribution in [3.8, 4) is 11.3 Å². The molecule has 4 aromatic rings. The Labute approximate surface area is 200 Å². The standard InChI is InChI=1S/C22H18FN3O5S3/c23-18-7-4-8-20(13-18)33(27,28)26(14-16-9-11-19(12-10-16)25-34(29,30)31)22-24-21(15-32-22)17-5-2-1-3-6-17/h1-13,15,25H,14H2,(H,29,30,31). The molecular formula is C22H18FN3O5S3. The highest BCUT2D eigenvalue weighted by molar-refractivity contribution is 7.93. The Bertz CT molecular complexity index is 1510. The van der Waals surface area contributed by atoms with Gasteiger partial charge in [0.05, 0.1) is 22.8 Å². The van der Waals surface area contributed by atoms with Crippen LogP contribution in [0.5, 0.6) is 0 Å². The number of hydrogen-bond donors (Lipinski definition) is 2. The van der Waals surface area contributed by atoms with Crippen LogP contribution in [-0.4, -0.2) is 26.4 Å². The normalized spacial score (nSPS) is 11.8. The number of rotatable bonds is 8. The Hall–Kier alpha value is -3.32. The third-order valence-electron chi connectivity index (χ3n) is 4.69. The van der Waals surface area contributed by atoms with Crippen molar-refractivity contribution in [2.24, 2.45) is 0 Å². The lowest BCUT2D eigenvalue weighted by Gasteiger charge is -2.22. The number of sulfonamides is 1. The van der Waals surface area contributed by atoms with Crippen LogP contribution in [0.25, 0.3) is 11.3 Å². The number of hydrogen-bond acceptors (Lipinski definition) is 6. The van der Waals surface area contributed by atoms with E-state index in [1.807, 2.05) is 35.1 Å². The number of nitrogens with one attached hydrogen (secondary N) is 1. The van der Waals surface area contributed by atoms with E-state index in [0.717, 1.165) is 33.3 Å². The molecular weight excluding hydrogens is 501 g/mol. The maximum absolute atomic E-state index is 13.8. The van der Waals surface area contributed by atoms with E-state index >= 15 is 0 Å². The van der Waals surface area contributed by atoms with E-state index in [2.05, 4.69) is 4.98 Å². The Morgan fingerprint density at radius 2 is 1.65 bits per heavy atom. The molecule has 1 aromatic heterocycles. The molecule has 2 N–H and O–H groups in total. The summed E-state index contributed by atoms with van der Waals surface area (Å²) in [5, 5.41) is 1.92. The zero-order chi connectivity index (χ0) is 24.3. The van der Waals surface area contributed by atoms with Crippen molar-refractivity contribution >= 4 is 42.5 Å². The molecule has 176 valence electrons. The van der Waals surface area contributed by atoms with E-state index in [1.54, 1.807) is 5.38 Å². The molecule has 0 aliphatic carbocycles. The summed E-state index contributed by atoms with van der Waals surface area (Å²) in [6, 6.07) is 19.7. The number of thiazole rings is 1. The van der Waals surface area contributed by atoms with Crippen molar-refractivity contribution in [2.75, 3.05) is 9.03 Å². The fourth-order valence-corrected chi connectivity index (χ4v) is 6.05. The molecule has 1 heterocycles. The first-order valence-corrected chi connectivity index (χ1v) is 13.5. The van der Waals surface area contributed by atoms with Gasteiger partial charge in [0.15, 0.2) is 5.13 Å². The maximum atomic E-state index is 13.8. The van der Waals surface area contributed by atoms with Gasteiger partial charge in [0.25, 0.3) is 10.0 Å². The lowest BCUT2D eigenvalue weighted by Crippen LogP contribution is -2.30. The van der Waals surface area contributed by atoms with Crippen LogP contribution >= 0.6 is 11.3 Å². The molecule has 0 amide bonds. The molecule has 0 spiro atoms. The van der Waals surface area contributed by atoms with E-state index in [1.165, 1.54) is 36.4 Å². The predicted octanol–water partition coefficient (Wildman–Crippen LogP) is 4.56. The highest BCUT2D eigenvalue weighted by atomic mass is 32.2. The fraction of sp³-hybridized carbons (Fsp3) is 0.0455. The van der Waals surface area contributed by atoms with Gasteiger partial charge in [0.2, 0.25) is 0 Å². The molecule has 0 atom stereocenters. The highest BCUT2D eigenvalue weighted by Gasteiger charge is 2.28. The largest absolute Gasteiger partial charge is 0.357 e. The number of nitrogens with zero attached hydrogens (tertiary/aromatic N) is 2. The molecule has 0 aliphatic heterocycles. The second-order valence-corrected chi connectivity index (χ2v) is 11.0. The Morgan fingerprint density at radius 1 is 0.941 bits per heavy atom. The minimum Gasteiger partial charge on any atom is -0.269 e. The summed E-state index contributed by atoms with van der Waals surface area (Å²) < 4.78 is 74.7. The van der Waals surface area contributed by atoms with Crippen molar-refractivity contribution in [3.63, 3.8) is 0 Å². The van der Waals surface area contributed by atoms with Crippen molar-refractivity contribution in [1.29, 1.82) is 0 Å². The van der Waals surface area contributed by atoms with Crippen LogP contribution in [0.2, 0.25) is 0 Å². The van der Waals surface area contributed by atoms with Gasteiger partial charge in [-0.1, -0.05) is 48.5 Å². The summed E-state index contributed by atoms with van der Waals surface area (Å²) in [6.45, 7) is -0.146. The second kappa shape index (κ2) is 9.50. The van der Waals surface area contributed by atoms with Crippen LogP contribution in [0.3, 0.4) is 0 Å². The van der Waals surface area contributed by atoms with Gasteiger partial charge in [-0.2, -0.15) is 8.42 Å². The zero-order valence-electron chi connectivity index (χ0n) is 17.4. The minimum absolute atomic E-state index is 0.103. The van der Waals surface area contributed by atoms with Crippen molar-refractivity contribution in [1.82, 2.24) is 4.98 Å². The zero-order valence-corrected chi connectivity index (χ0v) is 19.8. The smallest absolute Gasteiger partial charge is 0.269 e. The topological polar surface area (TPSA) is 117 Å². The van der Waals surface area contributed by atoms with Crippen molar-refractivity contribution in [3.05, 3.63) is 95.6 Å². The maximum Gasteiger partial charge on any atom is 0.357 e. The van der Waals surface area contributed by atoms with Crippen LogP contribution in [-0.2, 0) is 26.9 Å². The van der Waals surface area contributed by atoms with Crippen molar-refractivity contribution < 1.29 is 25.8 Å². The van der Waals surface area contributed by atoms with E-state index < -0.39 is 26.1 Å². The predicted molar refractivity (Wildman–Crippen MR) is 129 cm³/mol. The molecule has 8 nitrogen and oxygen atoms in total. The first-order valence-electron chi connectivity index (χ1n) is 9.75. The Balaban J connectivity index is 1.72. The number of anilines is 2. The average Bonchev–Trinajstić information content (AvgIpc) is 3.28. The summed E-state index contributed by atoms with van der Waals surface area (Å²) in [5.74, 6) is -0.689. The lowest BCUT2D eigenvalue weighted by atomic mass is 10.2.